The molecule has 236 valence electrons. The number of hydrogen-bond donors (Lipinski definition) is 3. The van der Waals surface area contributed by atoms with Gasteiger partial charge in [0.05, 0.1) is 0 Å². The summed E-state index contributed by atoms with van der Waals surface area (Å²) in [6, 6.07) is 23.7. The molecule has 45 heavy (non-hydrogen) atoms. The monoisotopic (exact) mass is 631 g/mol. The van der Waals surface area contributed by atoms with Crippen LogP contribution >= 0.6 is 11.8 Å². The molecule has 0 saturated carbocycles. The molecule has 0 radical (unpaired) electrons. The van der Waals surface area contributed by atoms with Gasteiger partial charge in [-0.1, -0.05) is 111 Å². The lowest BCUT2D eigenvalue weighted by Crippen LogP contribution is -2.58. The average molecular weight is 632 g/mol. The molecule has 1 fully saturated rings. The molecule has 3 aromatic carbocycles. The Kier molecular flexibility index (Phi) is 11.7. The third-order valence-electron chi connectivity index (χ3n) is 7.73. The van der Waals surface area contributed by atoms with E-state index in [2.05, 4.69) is 10.6 Å². The van der Waals surface area contributed by atoms with Crippen molar-refractivity contribution in [3.8, 4) is 0 Å². The minimum Gasteiger partial charge on any atom is -0.475 e. The molecular weight excluding hydrogens is 594 g/mol. The van der Waals surface area contributed by atoms with Crippen LogP contribution in [-0.4, -0.2) is 63.5 Å². The Morgan fingerprint density at radius 2 is 1.47 bits per heavy atom. The Balaban J connectivity index is 1.60. The van der Waals surface area contributed by atoms with Crippen molar-refractivity contribution in [1.29, 1.82) is 0 Å². The second kappa shape index (κ2) is 15.9. The first-order valence-corrected chi connectivity index (χ1v) is 15.8. The van der Waals surface area contributed by atoms with Crippen LogP contribution in [0.5, 0.6) is 0 Å². The molecule has 0 aromatic heterocycles. The van der Waals surface area contributed by atoms with E-state index < -0.39 is 53.2 Å². The zero-order valence-corrected chi connectivity index (χ0v) is 25.9. The van der Waals surface area contributed by atoms with E-state index in [0.717, 1.165) is 11.1 Å². The first-order valence-electron chi connectivity index (χ1n) is 14.8. The summed E-state index contributed by atoms with van der Waals surface area (Å²) in [6.07, 6.45) is -0.246. The van der Waals surface area contributed by atoms with Crippen LogP contribution in [0, 0.1) is 5.92 Å². The maximum absolute atomic E-state index is 14.4. The van der Waals surface area contributed by atoms with Gasteiger partial charge in [-0.25, -0.2) is 9.59 Å². The highest BCUT2D eigenvalue weighted by atomic mass is 32.2. The molecule has 2 unspecified atom stereocenters. The van der Waals surface area contributed by atoms with Crippen LogP contribution in [0.3, 0.4) is 0 Å². The van der Waals surface area contributed by atoms with Gasteiger partial charge in [-0.15, -0.1) is 11.8 Å². The smallest absolute Gasteiger partial charge is 0.408 e. The largest absolute Gasteiger partial charge is 0.475 e. The third kappa shape index (κ3) is 8.72. The van der Waals surface area contributed by atoms with Gasteiger partial charge in [-0.2, -0.15) is 0 Å². The molecule has 1 aliphatic rings. The normalized spacial score (nSPS) is 17.9. The number of amides is 3. The summed E-state index contributed by atoms with van der Waals surface area (Å²) in [4.78, 5) is 66.9. The van der Waals surface area contributed by atoms with Gasteiger partial charge in [0, 0.05) is 12.2 Å². The fraction of sp³-hybridized carbons (Fsp3) is 0.324. The van der Waals surface area contributed by atoms with Crippen LogP contribution in [0.25, 0.3) is 0 Å². The van der Waals surface area contributed by atoms with E-state index in [9.17, 15) is 29.1 Å². The molecule has 11 heteroatoms. The summed E-state index contributed by atoms with van der Waals surface area (Å²) < 4.78 is 5.41. The van der Waals surface area contributed by atoms with Gasteiger partial charge in [0.2, 0.25) is 11.8 Å². The van der Waals surface area contributed by atoms with Crippen LogP contribution in [0.2, 0.25) is 0 Å². The number of ether oxygens (including phenoxy) is 1. The fourth-order valence-corrected chi connectivity index (χ4v) is 6.50. The summed E-state index contributed by atoms with van der Waals surface area (Å²) in [5.74, 6) is -4.07. The average Bonchev–Trinajstić information content (AvgIpc) is 3.52. The van der Waals surface area contributed by atoms with E-state index in [1.807, 2.05) is 74.5 Å². The molecule has 0 bridgehead atoms. The van der Waals surface area contributed by atoms with Crippen LogP contribution < -0.4 is 10.6 Å². The van der Waals surface area contributed by atoms with E-state index >= 15 is 0 Å². The number of benzene rings is 3. The number of carbonyl (C=O) groups excluding carboxylic acids is 4. The van der Waals surface area contributed by atoms with Gasteiger partial charge in [0.25, 0.3) is 5.78 Å². The van der Waals surface area contributed by atoms with Crippen molar-refractivity contribution in [2.75, 3.05) is 5.75 Å². The lowest BCUT2D eigenvalue weighted by molar-refractivity contribution is -0.151. The summed E-state index contributed by atoms with van der Waals surface area (Å²) in [5.41, 5.74) is 2.24. The summed E-state index contributed by atoms with van der Waals surface area (Å²) in [5, 5.41) is 14.3. The van der Waals surface area contributed by atoms with Crippen LogP contribution in [0.4, 0.5) is 4.79 Å². The standard InChI is InChI=1S/C34H37N3O7S/c1-3-22(2)28(36-34(43)44-20-24-15-9-5-10-16-24)31(40)37-27(21-45-32(37)25-17-11-6-12-18-25)30(39)35-26(29(38)33(41)42)19-23-13-7-4-8-14-23/h4-18,22,26-28,32H,3,19-21H2,1-2H3,(H,35,39)(H,36,43)(H,41,42)/t22?,26-,27-,28-,32?/m0/s1. The molecule has 10 nitrogen and oxygen atoms in total. The molecule has 1 aliphatic heterocycles. The Hall–Kier alpha value is -4.64. The highest BCUT2D eigenvalue weighted by Gasteiger charge is 2.46. The van der Waals surface area contributed by atoms with Gasteiger partial charge >= 0.3 is 12.1 Å². The molecule has 3 N–H and O–H groups in total. The number of hydrogen-bond acceptors (Lipinski definition) is 7. The van der Waals surface area contributed by atoms with Crippen molar-refractivity contribution in [2.24, 2.45) is 5.92 Å². The highest BCUT2D eigenvalue weighted by molar-refractivity contribution is 7.99. The number of carboxylic acids is 1. The number of nitrogens with one attached hydrogen (secondary N) is 2. The zero-order chi connectivity index (χ0) is 32.3. The topological polar surface area (TPSA) is 142 Å². The highest BCUT2D eigenvalue weighted by Crippen LogP contribution is 2.42. The Morgan fingerprint density at radius 1 is 0.889 bits per heavy atom. The predicted octanol–water partition coefficient (Wildman–Crippen LogP) is 4.35. The number of ketones is 1. The van der Waals surface area contributed by atoms with E-state index in [-0.39, 0.29) is 24.7 Å². The molecule has 0 spiro atoms. The maximum atomic E-state index is 14.4. The number of carboxylic acid groups (broad SMARTS) is 1. The lowest BCUT2D eigenvalue weighted by Gasteiger charge is -2.34. The zero-order valence-electron chi connectivity index (χ0n) is 25.1. The summed E-state index contributed by atoms with van der Waals surface area (Å²) in [6.45, 7) is 3.74. The molecule has 4 rings (SSSR count). The predicted molar refractivity (Wildman–Crippen MR) is 170 cm³/mol. The summed E-state index contributed by atoms with van der Waals surface area (Å²) >= 11 is 1.38. The van der Waals surface area contributed by atoms with Crippen molar-refractivity contribution in [2.45, 2.75) is 56.8 Å². The van der Waals surface area contributed by atoms with Crippen molar-refractivity contribution < 1.29 is 33.8 Å². The molecular formula is C34H37N3O7S. The van der Waals surface area contributed by atoms with E-state index in [4.69, 9.17) is 4.74 Å². The molecule has 0 aliphatic carbocycles. The van der Waals surface area contributed by atoms with Gasteiger partial charge in [-0.05, 0) is 22.6 Å². The van der Waals surface area contributed by atoms with Crippen molar-refractivity contribution in [1.82, 2.24) is 15.5 Å². The quantitative estimate of drug-likeness (QED) is 0.237. The van der Waals surface area contributed by atoms with Crippen molar-refractivity contribution in [3.05, 3.63) is 108 Å². The minimum atomic E-state index is -1.66. The Bertz CT molecular complexity index is 1470. The number of Topliss-reactive ketones (excluding diaryl/α,β-unsaturated/α-hetero) is 1. The Morgan fingerprint density at radius 3 is 2.04 bits per heavy atom. The van der Waals surface area contributed by atoms with Gasteiger partial charge in [0.15, 0.2) is 0 Å². The number of aliphatic carboxylic acids is 1. The van der Waals surface area contributed by atoms with Crippen LogP contribution in [0.1, 0.15) is 42.3 Å². The Labute approximate surface area is 266 Å². The number of rotatable bonds is 13. The molecule has 1 saturated heterocycles. The molecule has 5 atom stereocenters. The van der Waals surface area contributed by atoms with Crippen LogP contribution in [-0.2, 0) is 36.9 Å². The lowest BCUT2D eigenvalue weighted by atomic mass is 9.96. The fourth-order valence-electron chi connectivity index (χ4n) is 5.06. The van der Waals surface area contributed by atoms with Gasteiger partial charge in [0.1, 0.15) is 30.1 Å². The second-order valence-corrected chi connectivity index (χ2v) is 12.0. The number of carbonyl (C=O) groups is 5. The summed E-state index contributed by atoms with van der Waals surface area (Å²) in [7, 11) is 0. The molecule has 1 heterocycles. The van der Waals surface area contributed by atoms with E-state index in [0.29, 0.717) is 12.0 Å². The number of nitrogens with zero attached hydrogens (tertiary/aromatic N) is 1. The second-order valence-electron chi connectivity index (χ2n) is 10.8. The third-order valence-corrected chi connectivity index (χ3v) is 9.06. The van der Waals surface area contributed by atoms with Gasteiger partial charge in [-0.3, -0.25) is 14.4 Å². The van der Waals surface area contributed by atoms with E-state index in [1.54, 1.807) is 30.3 Å². The first-order chi connectivity index (χ1) is 21.7. The minimum absolute atomic E-state index is 0.0196. The van der Waals surface area contributed by atoms with Crippen molar-refractivity contribution >= 4 is 41.4 Å². The first kappa shape index (κ1) is 33.3. The molecule has 3 aromatic rings. The van der Waals surface area contributed by atoms with Crippen molar-refractivity contribution in [3.63, 3.8) is 0 Å². The molecule has 3 amide bonds. The number of alkyl carbamates (subject to hydrolysis) is 1. The van der Waals surface area contributed by atoms with Gasteiger partial charge < -0.3 is 25.4 Å². The SMILES string of the molecule is CCC(C)[C@H](NC(=O)OCc1ccccc1)C(=O)N1C(c2ccccc2)SC[C@H]1C(=O)N[C@@H](Cc1ccccc1)C(=O)C(=O)O. The van der Waals surface area contributed by atoms with E-state index in [1.165, 1.54) is 16.7 Å². The maximum Gasteiger partial charge on any atom is 0.408 e. The van der Waals surface area contributed by atoms with Crippen LogP contribution in [0.15, 0.2) is 91.0 Å². The number of thioether (sulfide) groups is 1.